The van der Waals surface area contributed by atoms with Gasteiger partial charge in [-0.25, -0.2) is 18.0 Å². The van der Waals surface area contributed by atoms with Gasteiger partial charge in [-0.05, 0) is 55.6 Å². The van der Waals surface area contributed by atoms with Gasteiger partial charge in [0.1, 0.15) is 19.0 Å². The summed E-state index contributed by atoms with van der Waals surface area (Å²) in [6.07, 6.45) is -4.82. The van der Waals surface area contributed by atoms with E-state index in [2.05, 4.69) is 10.6 Å². The van der Waals surface area contributed by atoms with Gasteiger partial charge in [-0.3, -0.25) is 9.69 Å². The Hall–Kier alpha value is -3.87. The molecular weight excluding hydrogens is 637 g/mol. The van der Waals surface area contributed by atoms with Gasteiger partial charge in [0.25, 0.3) is 0 Å². The summed E-state index contributed by atoms with van der Waals surface area (Å²) in [4.78, 5) is 29.5. The molecule has 2 aliphatic rings. The van der Waals surface area contributed by atoms with Gasteiger partial charge in [-0.2, -0.15) is 13.2 Å². The minimum Gasteiger partial charge on any atom is -0.379 e. The highest BCUT2D eigenvalue weighted by molar-refractivity contribution is 7.70. The molecule has 3 aromatic rings. The predicted molar refractivity (Wildman–Crippen MR) is 161 cm³/mol. The van der Waals surface area contributed by atoms with E-state index in [0.717, 1.165) is 11.0 Å². The molecule has 2 N–H and O–H groups in total. The fraction of sp³-hybridized carbons (Fsp3) is 0.355. The average molecular weight is 669 g/mol. The van der Waals surface area contributed by atoms with Crippen LogP contribution in [0.5, 0.6) is 0 Å². The first-order chi connectivity index (χ1) is 21.6. The van der Waals surface area contributed by atoms with Crippen molar-refractivity contribution >= 4 is 35.8 Å². The van der Waals surface area contributed by atoms with Crippen molar-refractivity contribution in [1.82, 2.24) is 10.2 Å². The van der Waals surface area contributed by atoms with Gasteiger partial charge in [-0.1, -0.05) is 24.3 Å². The Labute approximate surface area is 261 Å². The van der Waals surface area contributed by atoms with E-state index >= 15 is 8.78 Å². The number of urea groups is 1. The number of nitrogens with zero attached hydrogens (tertiary/aromatic N) is 2. The minimum absolute atomic E-state index is 0.0282. The molecule has 0 saturated carbocycles. The van der Waals surface area contributed by atoms with Crippen LogP contribution in [0.3, 0.4) is 0 Å². The summed E-state index contributed by atoms with van der Waals surface area (Å²) in [6.45, 7) is 5.17. The predicted octanol–water partition coefficient (Wildman–Crippen LogP) is 5.67. The number of hydrogen-bond acceptors (Lipinski definition) is 5. The lowest BCUT2D eigenvalue weighted by molar-refractivity contribution is -0.137. The lowest BCUT2D eigenvalue weighted by atomic mass is 10.0. The van der Waals surface area contributed by atoms with Gasteiger partial charge >= 0.3 is 12.2 Å². The van der Waals surface area contributed by atoms with E-state index in [1.54, 1.807) is 18.2 Å². The van der Waals surface area contributed by atoms with Crippen LogP contribution in [0.4, 0.5) is 42.5 Å². The molecule has 3 amide bonds. The third-order valence-electron chi connectivity index (χ3n) is 7.93. The molecule has 246 valence electrons. The Bertz CT molecular complexity index is 1690. The molecule has 15 heteroatoms. The maximum Gasteiger partial charge on any atom is 0.416 e. The van der Waals surface area contributed by atoms with E-state index in [9.17, 15) is 31.7 Å². The fourth-order valence-corrected chi connectivity index (χ4v) is 6.93. The normalized spacial score (nSPS) is 19.4. The van der Waals surface area contributed by atoms with Crippen LogP contribution in [0.15, 0.2) is 54.6 Å². The van der Waals surface area contributed by atoms with Crippen LogP contribution >= 0.6 is 7.14 Å². The first-order valence-electron chi connectivity index (χ1n) is 14.4. The van der Waals surface area contributed by atoms with Crippen molar-refractivity contribution in [2.75, 3.05) is 56.4 Å². The molecule has 2 saturated heterocycles. The van der Waals surface area contributed by atoms with Crippen LogP contribution in [-0.2, 0) is 20.3 Å². The van der Waals surface area contributed by atoms with Crippen molar-refractivity contribution in [3.8, 4) is 11.1 Å². The molecule has 0 spiro atoms. The van der Waals surface area contributed by atoms with Crippen LogP contribution in [-0.4, -0.2) is 75.1 Å². The van der Waals surface area contributed by atoms with Crippen molar-refractivity contribution in [3.63, 3.8) is 0 Å². The van der Waals surface area contributed by atoms with Gasteiger partial charge in [0.15, 0.2) is 11.6 Å². The molecule has 5 rings (SSSR count). The molecule has 0 aliphatic carbocycles. The van der Waals surface area contributed by atoms with E-state index in [0.29, 0.717) is 37.7 Å². The lowest BCUT2D eigenvalue weighted by Crippen LogP contribution is -2.47. The van der Waals surface area contributed by atoms with E-state index in [4.69, 9.17) is 4.74 Å². The zero-order valence-electron chi connectivity index (χ0n) is 24.8. The number of ether oxygens (including phenoxy) is 1. The second-order valence-corrected chi connectivity index (χ2v) is 14.7. The van der Waals surface area contributed by atoms with Gasteiger partial charge in [0.2, 0.25) is 5.91 Å². The van der Waals surface area contributed by atoms with E-state index in [-0.39, 0.29) is 35.8 Å². The number of hydrogen-bond donors (Lipinski definition) is 2. The molecule has 8 nitrogen and oxygen atoms in total. The Morgan fingerprint density at radius 2 is 1.67 bits per heavy atom. The number of rotatable bonds is 7. The Balaban J connectivity index is 1.42. The maximum atomic E-state index is 15.9. The smallest absolute Gasteiger partial charge is 0.379 e. The molecule has 3 aromatic carbocycles. The number of carbonyl (C=O) groups excluding carboxylic acids is 2. The van der Waals surface area contributed by atoms with Crippen molar-refractivity contribution < 1.29 is 45.2 Å². The Kier molecular flexibility index (Phi) is 9.53. The molecule has 2 atom stereocenters. The quantitative estimate of drug-likeness (QED) is 0.251. The summed E-state index contributed by atoms with van der Waals surface area (Å²) >= 11 is 0. The first-order valence-corrected chi connectivity index (χ1v) is 17.0. The molecule has 0 unspecified atom stereocenters. The fourth-order valence-electron chi connectivity index (χ4n) is 5.71. The van der Waals surface area contributed by atoms with Crippen LogP contribution < -0.4 is 20.8 Å². The van der Waals surface area contributed by atoms with Crippen molar-refractivity contribution in [3.05, 3.63) is 77.6 Å². The largest absolute Gasteiger partial charge is 0.416 e. The number of benzene rings is 3. The van der Waals surface area contributed by atoms with Crippen LogP contribution in [0.1, 0.15) is 12.0 Å². The SMILES string of the molecule is CP(C)(=O)c1ccccc1-c1ccc(N2C(=O)[C@H](NC(=O)Nc3ccc(C(F)(F)F)cc3F)C[C@H]2CN2CCOCC2)c(F)c1F. The highest BCUT2D eigenvalue weighted by Crippen LogP contribution is 2.41. The molecule has 0 aromatic heterocycles. The van der Waals surface area contributed by atoms with Gasteiger partial charge in [0.05, 0.1) is 36.2 Å². The van der Waals surface area contributed by atoms with Crippen molar-refractivity contribution in [1.29, 1.82) is 0 Å². The monoisotopic (exact) mass is 668 g/mol. The zero-order chi connectivity index (χ0) is 33.4. The van der Waals surface area contributed by atoms with Crippen molar-refractivity contribution in [2.24, 2.45) is 0 Å². The van der Waals surface area contributed by atoms with Gasteiger partial charge in [0, 0.05) is 30.5 Å². The summed E-state index contributed by atoms with van der Waals surface area (Å²) < 4.78 is 103. The third-order valence-corrected chi connectivity index (χ3v) is 9.48. The standard InChI is InChI=1S/C31H31F6N4O4P/c1-46(2,44)26-6-4-3-5-20(26)21-8-10-25(28(34)27(21)33)41-19(17-40-11-13-45-14-12-40)16-24(29(41)42)39-30(43)38-23-9-7-18(15-22(23)32)31(35,36)37/h3-10,15,19,24H,11-14,16-17H2,1-2H3,(H2,38,39,43)/t19-,24+/m0/s1. The third kappa shape index (κ3) is 7.08. The second-order valence-electron chi connectivity index (χ2n) is 11.5. The highest BCUT2D eigenvalue weighted by Gasteiger charge is 2.43. The van der Waals surface area contributed by atoms with Crippen LogP contribution in [0, 0.1) is 17.5 Å². The first kappa shape index (κ1) is 33.5. The zero-order valence-corrected chi connectivity index (χ0v) is 25.7. The number of morpholine rings is 1. The van der Waals surface area contributed by atoms with Gasteiger partial charge in [-0.15, -0.1) is 0 Å². The molecule has 0 bridgehead atoms. The van der Waals surface area contributed by atoms with Crippen molar-refractivity contribution in [2.45, 2.75) is 24.7 Å². The molecule has 2 aliphatic heterocycles. The summed E-state index contributed by atoms with van der Waals surface area (Å²) in [7, 11) is -2.88. The summed E-state index contributed by atoms with van der Waals surface area (Å²) in [6, 6.07) is 7.46. The number of amides is 3. The van der Waals surface area contributed by atoms with Gasteiger partial charge < -0.3 is 24.8 Å². The van der Waals surface area contributed by atoms with E-state index in [1.165, 1.54) is 31.5 Å². The Morgan fingerprint density at radius 1 is 0.978 bits per heavy atom. The molecule has 46 heavy (non-hydrogen) atoms. The topological polar surface area (TPSA) is 91.0 Å². The second kappa shape index (κ2) is 13.1. The molecule has 2 fully saturated rings. The summed E-state index contributed by atoms with van der Waals surface area (Å²) in [5.41, 5.74) is -2.04. The molecular formula is C31H31F6N4O4P. The number of nitrogens with one attached hydrogen (secondary N) is 2. The lowest BCUT2D eigenvalue weighted by Gasteiger charge is -2.33. The van der Waals surface area contributed by atoms with Crippen LogP contribution in [0.25, 0.3) is 11.1 Å². The van der Waals surface area contributed by atoms with Crippen LogP contribution in [0.2, 0.25) is 0 Å². The summed E-state index contributed by atoms with van der Waals surface area (Å²) in [5, 5.41) is 4.86. The highest BCUT2D eigenvalue weighted by atomic mass is 31.2. The molecule has 0 radical (unpaired) electrons. The average Bonchev–Trinajstić information content (AvgIpc) is 3.28. The number of carbonyl (C=O) groups is 2. The maximum absolute atomic E-state index is 15.9. The molecule has 2 heterocycles. The van der Waals surface area contributed by atoms with E-state index < -0.39 is 66.0 Å². The number of halogens is 6. The summed E-state index contributed by atoms with van der Waals surface area (Å²) in [5.74, 6) is -4.66. The number of alkyl halides is 3. The minimum atomic E-state index is -4.79. The Morgan fingerprint density at radius 3 is 2.33 bits per heavy atom. The van der Waals surface area contributed by atoms with E-state index in [1.807, 2.05) is 4.90 Å². The number of anilines is 2.